The van der Waals surface area contributed by atoms with E-state index in [1.54, 1.807) is 0 Å². The maximum Gasteiger partial charge on any atom is 0.137 e. The summed E-state index contributed by atoms with van der Waals surface area (Å²) in [5, 5.41) is 4.03. The van der Waals surface area contributed by atoms with Gasteiger partial charge in [-0.2, -0.15) is 0 Å². The number of ether oxygens (including phenoxy) is 1. The standard InChI is InChI=1S/C13H21ClN2O/c1-2-17-13-5-4-11(10-12(13)14)6-9-16-8-3-7-15/h4-5,10,16H,2-3,6-9,15H2,1H3. The van der Waals surface area contributed by atoms with Gasteiger partial charge < -0.3 is 15.8 Å². The second kappa shape index (κ2) is 8.34. The molecule has 3 nitrogen and oxygen atoms in total. The van der Waals surface area contributed by atoms with Crippen LogP contribution in [0.25, 0.3) is 0 Å². The zero-order valence-corrected chi connectivity index (χ0v) is 11.1. The molecule has 0 unspecified atom stereocenters. The first-order valence-electron chi connectivity index (χ1n) is 6.10. The summed E-state index contributed by atoms with van der Waals surface area (Å²) in [5.41, 5.74) is 6.64. The van der Waals surface area contributed by atoms with Gasteiger partial charge in [-0.15, -0.1) is 0 Å². The molecule has 0 aliphatic rings. The second-order valence-corrected chi connectivity index (χ2v) is 4.25. The molecule has 0 heterocycles. The van der Waals surface area contributed by atoms with Crippen molar-refractivity contribution >= 4 is 11.6 Å². The molecule has 0 radical (unpaired) electrons. The molecule has 17 heavy (non-hydrogen) atoms. The lowest BCUT2D eigenvalue weighted by Crippen LogP contribution is -2.20. The topological polar surface area (TPSA) is 47.3 Å². The molecule has 0 spiro atoms. The largest absolute Gasteiger partial charge is 0.492 e. The molecule has 0 aliphatic heterocycles. The molecule has 0 atom stereocenters. The first-order valence-corrected chi connectivity index (χ1v) is 6.47. The predicted octanol–water partition coefficient (Wildman–Crippen LogP) is 2.22. The van der Waals surface area contributed by atoms with Gasteiger partial charge in [-0.3, -0.25) is 0 Å². The molecule has 0 saturated carbocycles. The van der Waals surface area contributed by atoms with Crippen molar-refractivity contribution in [2.45, 2.75) is 19.8 Å². The third-order valence-corrected chi connectivity index (χ3v) is 2.74. The van der Waals surface area contributed by atoms with Crippen LogP contribution in [-0.2, 0) is 6.42 Å². The van der Waals surface area contributed by atoms with Crippen molar-refractivity contribution in [2.24, 2.45) is 5.73 Å². The van der Waals surface area contributed by atoms with Gasteiger partial charge in [0.1, 0.15) is 5.75 Å². The Bertz CT molecular complexity index is 331. The number of nitrogens with one attached hydrogen (secondary N) is 1. The zero-order chi connectivity index (χ0) is 12.5. The number of hydrogen-bond acceptors (Lipinski definition) is 3. The maximum absolute atomic E-state index is 6.11. The van der Waals surface area contributed by atoms with Crippen LogP contribution in [0, 0.1) is 0 Å². The minimum atomic E-state index is 0.639. The first-order chi connectivity index (χ1) is 8.27. The van der Waals surface area contributed by atoms with Gasteiger partial charge in [0, 0.05) is 0 Å². The van der Waals surface area contributed by atoms with Crippen LogP contribution in [0.4, 0.5) is 0 Å². The van der Waals surface area contributed by atoms with Crippen molar-refractivity contribution in [3.8, 4) is 5.75 Å². The van der Waals surface area contributed by atoms with Gasteiger partial charge in [-0.1, -0.05) is 17.7 Å². The Morgan fingerprint density at radius 2 is 2.18 bits per heavy atom. The molecule has 1 rings (SSSR count). The Balaban J connectivity index is 2.36. The van der Waals surface area contributed by atoms with E-state index in [2.05, 4.69) is 11.4 Å². The molecule has 0 amide bonds. The van der Waals surface area contributed by atoms with Crippen molar-refractivity contribution < 1.29 is 4.74 Å². The summed E-state index contributed by atoms with van der Waals surface area (Å²) in [5.74, 6) is 0.758. The van der Waals surface area contributed by atoms with Crippen LogP contribution in [0.3, 0.4) is 0 Å². The summed E-state index contributed by atoms with van der Waals surface area (Å²) >= 11 is 6.11. The van der Waals surface area contributed by atoms with E-state index in [1.807, 2.05) is 19.1 Å². The van der Waals surface area contributed by atoms with Crippen LogP contribution in [0.2, 0.25) is 5.02 Å². The fraction of sp³-hybridized carbons (Fsp3) is 0.538. The molecular weight excluding hydrogens is 236 g/mol. The van der Waals surface area contributed by atoms with Crippen molar-refractivity contribution in [2.75, 3.05) is 26.2 Å². The molecule has 1 aromatic rings. The summed E-state index contributed by atoms with van der Waals surface area (Å²) in [6.07, 6.45) is 1.99. The normalized spacial score (nSPS) is 10.5. The van der Waals surface area contributed by atoms with Crippen molar-refractivity contribution in [3.05, 3.63) is 28.8 Å². The molecule has 1 aromatic carbocycles. The highest BCUT2D eigenvalue weighted by molar-refractivity contribution is 6.32. The number of nitrogens with two attached hydrogens (primary N) is 1. The lowest BCUT2D eigenvalue weighted by atomic mass is 10.1. The van der Waals surface area contributed by atoms with Crippen LogP contribution in [-0.4, -0.2) is 26.2 Å². The van der Waals surface area contributed by atoms with Crippen LogP contribution < -0.4 is 15.8 Å². The highest BCUT2D eigenvalue weighted by Gasteiger charge is 2.02. The quantitative estimate of drug-likeness (QED) is 0.701. The van der Waals surface area contributed by atoms with Crippen molar-refractivity contribution in [1.82, 2.24) is 5.32 Å². The van der Waals surface area contributed by atoms with Gasteiger partial charge in [-0.25, -0.2) is 0 Å². The minimum Gasteiger partial charge on any atom is -0.492 e. The number of halogens is 1. The molecule has 0 saturated heterocycles. The van der Waals surface area contributed by atoms with Gasteiger partial charge in [0.05, 0.1) is 11.6 Å². The fourth-order valence-corrected chi connectivity index (χ4v) is 1.81. The first kappa shape index (κ1) is 14.3. The molecule has 96 valence electrons. The average molecular weight is 257 g/mol. The predicted molar refractivity (Wildman–Crippen MR) is 72.9 cm³/mol. The van der Waals surface area contributed by atoms with E-state index >= 15 is 0 Å². The van der Waals surface area contributed by atoms with E-state index in [4.69, 9.17) is 22.1 Å². The Morgan fingerprint density at radius 3 is 2.82 bits per heavy atom. The number of hydrogen-bond donors (Lipinski definition) is 2. The molecule has 0 bridgehead atoms. The lowest BCUT2D eigenvalue weighted by Gasteiger charge is -2.08. The Hall–Kier alpha value is -0.770. The van der Waals surface area contributed by atoms with Crippen molar-refractivity contribution in [1.29, 1.82) is 0 Å². The van der Waals surface area contributed by atoms with Crippen molar-refractivity contribution in [3.63, 3.8) is 0 Å². The molecular formula is C13H21ClN2O. The average Bonchev–Trinajstić information content (AvgIpc) is 2.32. The molecule has 0 aromatic heterocycles. The van der Waals surface area contributed by atoms with Crippen LogP contribution in [0.15, 0.2) is 18.2 Å². The Morgan fingerprint density at radius 1 is 1.35 bits per heavy atom. The highest BCUT2D eigenvalue weighted by atomic mass is 35.5. The SMILES string of the molecule is CCOc1ccc(CCNCCCN)cc1Cl. The summed E-state index contributed by atoms with van der Waals surface area (Å²) in [6.45, 7) is 5.25. The number of rotatable bonds is 8. The summed E-state index contributed by atoms with van der Waals surface area (Å²) in [7, 11) is 0. The molecule has 4 heteroatoms. The summed E-state index contributed by atoms with van der Waals surface area (Å²) in [4.78, 5) is 0. The molecule has 0 aliphatic carbocycles. The highest BCUT2D eigenvalue weighted by Crippen LogP contribution is 2.25. The molecule has 3 N–H and O–H groups in total. The van der Waals surface area contributed by atoms with E-state index in [0.29, 0.717) is 11.6 Å². The third-order valence-electron chi connectivity index (χ3n) is 2.44. The second-order valence-electron chi connectivity index (χ2n) is 3.84. The fourth-order valence-electron chi connectivity index (χ4n) is 1.56. The van der Waals surface area contributed by atoms with Crippen LogP contribution in [0.1, 0.15) is 18.9 Å². The van der Waals surface area contributed by atoms with E-state index in [1.165, 1.54) is 5.56 Å². The summed E-state index contributed by atoms with van der Waals surface area (Å²) in [6, 6.07) is 5.96. The smallest absolute Gasteiger partial charge is 0.137 e. The van der Waals surface area contributed by atoms with Gasteiger partial charge >= 0.3 is 0 Å². The van der Waals surface area contributed by atoms with Crippen LogP contribution >= 0.6 is 11.6 Å². The van der Waals surface area contributed by atoms with E-state index in [-0.39, 0.29) is 0 Å². The maximum atomic E-state index is 6.11. The lowest BCUT2D eigenvalue weighted by molar-refractivity contribution is 0.340. The Kier molecular flexibility index (Phi) is 7.01. The van der Waals surface area contributed by atoms with E-state index < -0.39 is 0 Å². The van der Waals surface area contributed by atoms with Gasteiger partial charge in [0.25, 0.3) is 0 Å². The summed E-state index contributed by atoms with van der Waals surface area (Å²) < 4.78 is 5.39. The van der Waals surface area contributed by atoms with Gasteiger partial charge in [0.2, 0.25) is 0 Å². The number of benzene rings is 1. The van der Waals surface area contributed by atoms with E-state index in [0.717, 1.165) is 38.2 Å². The minimum absolute atomic E-state index is 0.639. The van der Waals surface area contributed by atoms with E-state index in [9.17, 15) is 0 Å². The monoisotopic (exact) mass is 256 g/mol. The van der Waals surface area contributed by atoms with Gasteiger partial charge in [-0.05, 0) is 57.1 Å². The zero-order valence-electron chi connectivity index (χ0n) is 10.3. The third kappa shape index (κ3) is 5.39. The molecule has 0 fully saturated rings. The Labute approximate surface area is 108 Å². The van der Waals surface area contributed by atoms with Crippen LogP contribution in [0.5, 0.6) is 5.75 Å². The van der Waals surface area contributed by atoms with Gasteiger partial charge in [0.15, 0.2) is 0 Å².